The van der Waals surface area contributed by atoms with E-state index in [1.807, 2.05) is 0 Å². The average molecular weight is 368 g/mol. The van der Waals surface area contributed by atoms with Gasteiger partial charge in [-0.05, 0) is 30.2 Å². The molecule has 0 aromatic heterocycles. The Bertz CT molecular complexity index is 1030. The number of hydrogen-bond acceptors (Lipinski definition) is 7. The van der Waals surface area contributed by atoms with Crippen molar-refractivity contribution in [2.75, 3.05) is 0 Å². The third-order valence-corrected chi connectivity index (χ3v) is 5.99. The first kappa shape index (κ1) is 15.4. The quantitative estimate of drug-likeness (QED) is 0.653. The van der Waals surface area contributed by atoms with Gasteiger partial charge in [0.25, 0.3) is 5.79 Å². The number of aromatic hydroxyl groups is 1. The van der Waals surface area contributed by atoms with Gasteiger partial charge in [-0.2, -0.15) is 0 Å². The zero-order valence-electron chi connectivity index (χ0n) is 14.1. The molecule has 6 rings (SSSR count). The van der Waals surface area contributed by atoms with Gasteiger partial charge in [-0.1, -0.05) is 12.1 Å². The maximum atomic E-state index is 12.5. The number of ketones is 1. The van der Waals surface area contributed by atoms with Crippen molar-refractivity contribution >= 4 is 5.78 Å². The minimum Gasteiger partial charge on any atom is -0.507 e. The summed E-state index contributed by atoms with van der Waals surface area (Å²) < 4.78 is 18.7. The van der Waals surface area contributed by atoms with E-state index >= 15 is 0 Å². The summed E-state index contributed by atoms with van der Waals surface area (Å²) >= 11 is 0. The van der Waals surface area contributed by atoms with Gasteiger partial charge < -0.3 is 24.8 Å². The fourth-order valence-corrected chi connectivity index (χ4v) is 4.86. The van der Waals surface area contributed by atoms with Gasteiger partial charge in [0.1, 0.15) is 23.4 Å². The van der Waals surface area contributed by atoms with Crippen molar-refractivity contribution < 1.29 is 34.3 Å². The second kappa shape index (κ2) is 4.62. The smallest absolute Gasteiger partial charge is 0.271 e. The summed E-state index contributed by atoms with van der Waals surface area (Å²) in [5.74, 6) is -2.71. The van der Waals surface area contributed by atoms with E-state index in [9.17, 15) is 20.1 Å². The molecule has 2 heterocycles. The number of hydrogen-bond donors (Lipinski definition) is 3. The lowest BCUT2D eigenvalue weighted by Crippen LogP contribution is -2.63. The number of phenolic OH excluding ortho intramolecular Hbond substituents is 1. The number of carbonyl (C=O) groups is 1. The van der Waals surface area contributed by atoms with E-state index < -0.39 is 29.6 Å². The first-order valence-corrected chi connectivity index (χ1v) is 8.92. The van der Waals surface area contributed by atoms with Crippen LogP contribution in [0.4, 0.5) is 0 Å². The molecule has 7 heteroatoms. The highest BCUT2D eigenvalue weighted by atomic mass is 16.8. The molecule has 4 atom stereocenters. The zero-order valence-corrected chi connectivity index (χ0v) is 14.1. The van der Waals surface area contributed by atoms with E-state index in [-0.39, 0.29) is 23.3 Å². The normalized spacial score (nSPS) is 34.8. The molecule has 2 aliphatic carbocycles. The third-order valence-electron chi connectivity index (χ3n) is 5.99. The van der Waals surface area contributed by atoms with Crippen LogP contribution in [0.1, 0.15) is 52.4 Å². The third kappa shape index (κ3) is 1.66. The van der Waals surface area contributed by atoms with Gasteiger partial charge in [-0.3, -0.25) is 9.53 Å². The summed E-state index contributed by atoms with van der Waals surface area (Å²) in [5, 5.41) is 31.5. The Morgan fingerprint density at radius 3 is 2.70 bits per heavy atom. The molecule has 0 fully saturated rings. The summed E-state index contributed by atoms with van der Waals surface area (Å²) in [6.45, 7) is 0. The predicted octanol–water partition coefficient (Wildman–Crippen LogP) is 1.97. The Balaban J connectivity index is 1.70. The van der Waals surface area contributed by atoms with Gasteiger partial charge in [0.05, 0.1) is 22.8 Å². The van der Waals surface area contributed by atoms with Crippen molar-refractivity contribution in [2.45, 2.75) is 43.0 Å². The Morgan fingerprint density at radius 1 is 1.04 bits per heavy atom. The molecular weight excluding hydrogens is 352 g/mol. The Kier molecular flexibility index (Phi) is 2.64. The van der Waals surface area contributed by atoms with Crippen LogP contribution in [-0.2, 0) is 16.3 Å². The Labute approximate surface area is 153 Å². The van der Waals surface area contributed by atoms with Crippen LogP contribution in [0, 0.1) is 0 Å². The highest BCUT2D eigenvalue weighted by molar-refractivity contribution is 6.02. The predicted molar refractivity (Wildman–Crippen MR) is 89.4 cm³/mol. The van der Waals surface area contributed by atoms with Crippen LogP contribution in [0.25, 0.3) is 0 Å². The average Bonchev–Trinajstić information content (AvgIpc) is 2.64. The molecule has 0 amide bonds. The van der Waals surface area contributed by atoms with Crippen LogP contribution in [0.15, 0.2) is 30.3 Å². The van der Waals surface area contributed by atoms with Gasteiger partial charge >= 0.3 is 0 Å². The number of aliphatic hydroxyl groups excluding tert-OH is 2. The molecule has 7 nitrogen and oxygen atoms in total. The van der Waals surface area contributed by atoms with Crippen LogP contribution >= 0.6 is 0 Å². The highest BCUT2D eigenvalue weighted by Crippen LogP contribution is 2.62. The molecule has 0 saturated heterocycles. The van der Waals surface area contributed by atoms with Crippen molar-refractivity contribution in [3.8, 4) is 17.2 Å². The largest absolute Gasteiger partial charge is 0.507 e. The minimum atomic E-state index is -1.65. The SMILES string of the molecule is O=C1C[C@@H](O)[C@]23Oc4cccc5c4[C@](CC[C@@H]5O)(Oc4ccc(O)c1c42)O3. The molecule has 4 aliphatic rings. The second-order valence-electron chi connectivity index (χ2n) is 7.48. The van der Waals surface area contributed by atoms with E-state index in [0.717, 1.165) is 0 Å². The fourth-order valence-electron chi connectivity index (χ4n) is 4.86. The van der Waals surface area contributed by atoms with Crippen molar-refractivity contribution in [3.63, 3.8) is 0 Å². The maximum absolute atomic E-state index is 12.5. The van der Waals surface area contributed by atoms with Crippen molar-refractivity contribution in [1.82, 2.24) is 0 Å². The standard InChI is InChI=1S/C20H16O7/c21-10-6-7-19-17-9(10)2-1-3-13(17)26-20(27-19)15(24)8-12(23)16-11(22)4-5-14(25-19)18(16)20/h1-5,10,15,21-22,24H,6-8H2/t10-,15+,19+,20+/m0/s1. The van der Waals surface area contributed by atoms with E-state index in [4.69, 9.17) is 14.2 Å². The van der Waals surface area contributed by atoms with E-state index in [1.54, 1.807) is 24.3 Å². The number of ether oxygens (including phenoxy) is 3. The number of carbonyl (C=O) groups excluding carboxylic acids is 1. The lowest BCUT2D eigenvalue weighted by Gasteiger charge is -2.56. The second-order valence-corrected chi connectivity index (χ2v) is 7.48. The van der Waals surface area contributed by atoms with Crippen LogP contribution in [0.2, 0.25) is 0 Å². The summed E-state index contributed by atoms with van der Waals surface area (Å²) in [6, 6.07) is 8.26. The van der Waals surface area contributed by atoms with Gasteiger partial charge in [0.15, 0.2) is 5.78 Å². The molecule has 2 aromatic rings. The van der Waals surface area contributed by atoms with E-state index in [0.29, 0.717) is 35.5 Å². The molecular formula is C20H16O7. The first-order valence-electron chi connectivity index (χ1n) is 8.92. The molecule has 0 radical (unpaired) electrons. The van der Waals surface area contributed by atoms with Gasteiger partial charge in [0, 0.05) is 12.8 Å². The number of rotatable bonds is 0. The molecule has 2 spiro atoms. The van der Waals surface area contributed by atoms with Crippen LogP contribution in [-0.4, -0.2) is 27.2 Å². The zero-order chi connectivity index (χ0) is 18.6. The molecule has 3 N–H and O–H groups in total. The van der Waals surface area contributed by atoms with E-state index in [2.05, 4.69) is 0 Å². The van der Waals surface area contributed by atoms with Crippen molar-refractivity contribution in [1.29, 1.82) is 0 Å². The molecule has 2 bridgehead atoms. The summed E-state index contributed by atoms with van der Waals surface area (Å²) in [7, 11) is 0. The number of aliphatic hydroxyl groups is 2. The van der Waals surface area contributed by atoms with Crippen LogP contribution in [0.5, 0.6) is 17.2 Å². The Hall–Kier alpha value is -2.61. The Morgan fingerprint density at radius 2 is 1.85 bits per heavy atom. The lowest BCUT2D eigenvalue weighted by atomic mass is 9.77. The molecule has 138 valence electrons. The van der Waals surface area contributed by atoms with Gasteiger partial charge in [-0.25, -0.2) is 0 Å². The fraction of sp³-hybridized carbons (Fsp3) is 0.350. The monoisotopic (exact) mass is 368 g/mol. The molecule has 2 aliphatic heterocycles. The molecule has 27 heavy (non-hydrogen) atoms. The number of Topliss-reactive ketones (excluding diaryl/α,β-unsaturated/α-hetero) is 1. The van der Waals surface area contributed by atoms with Gasteiger partial charge in [0.2, 0.25) is 5.79 Å². The van der Waals surface area contributed by atoms with Crippen LogP contribution < -0.4 is 9.47 Å². The van der Waals surface area contributed by atoms with Crippen molar-refractivity contribution in [3.05, 3.63) is 52.6 Å². The van der Waals surface area contributed by atoms with Crippen molar-refractivity contribution in [2.24, 2.45) is 0 Å². The summed E-state index contributed by atoms with van der Waals surface area (Å²) in [4.78, 5) is 12.5. The number of benzene rings is 2. The van der Waals surface area contributed by atoms with Crippen LogP contribution in [0.3, 0.4) is 0 Å². The number of phenols is 1. The first-order chi connectivity index (χ1) is 13.0. The molecule has 2 aromatic carbocycles. The molecule has 0 saturated carbocycles. The minimum absolute atomic E-state index is 0.0584. The lowest BCUT2D eigenvalue weighted by molar-refractivity contribution is -0.388. The maximum Gasteiger partial charge on any atom is 0.271 e. The topological polar surface area (TPSA) is 105 Å². The summed E-state index contributed by atoms with van der Waals surface area (Å²) in [6.07, 6.45) is -1.38. The highest BCUT2D eigenvalue weighted by Gasteiger charge is 2.65. The summed E-state index contributed by atoms with van der Waals surface area (Å²) in [5.41, 5.74) is 1.55. The van der Waals surface area contributed by atoms with E-state index in [1.165, 1.54) is 6.07 Å². The van der Waals surface area contributed by atoms with Gasteiger partial charge in [-0.15, -0.1) is 0 Å². The molecule has 0 unspecified atom stereocenters.